The van der Waals surface area contributed by atoms with Crippen molar-refractivity contribution in [3.63, 3.8) is 0 Å². The maximum absolute atomic E-state index is 11.9. The van der Waals surface area contributed by atoms with Crippen molar-refractivity contribution in [1.29, 1.82) is 0 Å². The van der Waals surface area contributed by atoms with E-state index in [-0.39, 0.29) is 11.8 Å². The molecule has 7 heteroatoms. The van der Waals surface area contributed by atoms with E-state index in [1.807, 2.05) is 35.0 Å². The number of hydrogen-bond donors (Lipinski definition) is 2. The molecule has 1 aromatic heterocycles. The van der Waals surface area contributed by atoms with E-state index in [1.165, 1.54) is 0 Å². The van der Waals surface area contributed by atoms with Crippen molar-refractivity contribution in [2.45, 2.75) is 19.4 Å². The molecule has 0 saturated carbocycles. The highest BCUT2D eigenvalue weighted by Crippen LogP contribution is 2.11. The van der Waals surface area contributed by atoms with Gasteiger partial charge in [-0.1, -0.05) is 23.7 Å². The monoisotopic (exact) mass is 346 g/mol. The Hall–Kier alpha value is -2.34. The largest absolute Gasteiger partial charge is 0.355 e. The van der Waals surface area contributed by atoms with E-state index >= 15 is 0 Å². The summed E-state index contributed by atoms with van der Waals surface area (Å²) >= 11 is 5.88. The number of nitrogens with zero attached hydrogens (tertiary/aromatic N) is 2. The number of imidazole rings is 1. The van der Waals surface area contributed by atoms with Crippen LogP contribution in [-0.4, -0.2) is 34.5 Å². The molecule has 1 unspecified atom stereocenters. The van der Waals surface area contributed by atoms with E-state index < -0.39 is 5.92 Å². The van der Waals surface area contributed by atoms with Crippen LogP contribution in [0.2, 0.25) is 5.02 Å². The van der Waals surface area contributed by atoms with Gasteiger partial charge in [0.2, 0.25) is 11.8 Å². The Morgan fingerprint density at radius 3 is 2.88 bits per heavy atom. The molecule has 0 spiro atoms. The van der Waals surface area contributed by atoms with Crippen molar-refractivity contribution in [3.05, 3.63) is 53.1 Å². The van der Waals surface area contributed by atoms with Crippen LogP contribution in [0.25, 0.3) is 0 Å². The normalized spacial score (nSPS) is 16.9. The van der Waals surface area contributed by atoms with Crippen LogP contribution in [0, 0.1) is 5.92 Å². The predicted molar refractivity (Wildman–Crippen MR) is 90.6 cm³/mol. The Kier molecular flexibility index (Phi) is 5.15. The molecule has 1 atom stereocenters. The minimum Gasteiger partial charge on any atom is -0.355 e. The summed E-state index contributed by atoms with van der Waals surface area (Å²) in [5.41, 5.74) is 2.05. The van der Waals surface area contributed by atoms with Gasteiger partial charge in [0.15, 0.2) is 0 Å². The predicted octanol–water partition coefficient (Wildman–Crippen LogP) is 1.38. The summed E-state index contributed by atoms with van der Waals surface area (Å²) in [4.78, 5) is 27.7. The van der Waals surface area contributed by atoms with E-state index in [4.69, 9.17) is 11.6 Å². The van der Waals surface area contributed by atoms with Crippen molar-refractivity contribution >= 4 is 23.4 Å². The lowest BCUT2D eigenvalue weighted by Gasteiger charge is -2.07. The van der Waals surface area contributed by atoms with Gasteiger partial charge < -0.3 is 15.2 Å². The molecule has 126 valence electrons. The number of halogens is 1. The van der Waals surface area contributed by atoms with Crippen molar-refractivity contribution in [1.82, 2.24) is 20.2 Å². The zero-order valence-corrected chi connectivity index (χ0v) is 13.9. The third kappa shape index (κ3) is 4.14. The summed E-state index contributed by atoms with van der Waals surface area (Å²) in [6, 6.07) is 7.69. The minimum atomic E-state index is -0.549. The average molecular weight is 347 g/mol. The molecular formula is C17H19ClN4O2. The van der Waals surface area contributed by atoms with Gasteiger partial charge in [-0.25, -0.2) is 4.98 Å². The number of carbonyl (C=O) groups is 2. The van der Waals surface area contributed by atoms with Gasteiger partial charge in [0.05, 0.1) is 12.0 Å². The first-order chi connectivity index (χ1) is 11.6. The number of amides is 2. The van der Waals surface area contributed by atoms with Crippen LogP contribution in [0.15, 0.2) is 36.8 Å². The highest BCUT2D eigenvalue weighted by atomic mass is 35.5. The second-order valence-electron chi connectivity index (χ2n) is 5.84. The molecule has 2 heterocycles. The number of aromatic nitrogens is 2. The molecule has 2 N–H and O–H groups in total. The number of benzene rings is 1. The zero-order valence-electron chi connectivity index (χ0n) is 13.2. The smallest absolute Gasteiger partial charge is 0.232 e. The summed E-state index contributed by atoms with van der Waals surface area (Å²) in [7, 11) is 0. The lowest BCUT2D eigenvalue weighted by Crippen LogP contribution is -2.36. The minimum absolute atomic E-state index is 0.181. The summed E-state index contributed by atoms with van der Waals surface area (Å²) in [6.45, 7) is 1.77. The van der Waals surface area contributed by atoms with E-state index in [2.05, 4.69) is 15.6 Å². The Morgan fingerprint density at radius 1 is 1.38 bits per heavy atom. The van der Waals surface area contributed by atoms with Crippen molar-refractivity contribution in [2.24, 2.45) is 5.92 Å². The molecule has 0 radical (unpaired) electrons. The standard InChI is InChI=1S/C17H19ClN4O2/c18-13-3-1-12(2-4-13)9-22-10-14(21-11-22)5-7-19-16(23)15-6-8-20-17(15)24/h1-4,10-11,15H,5-9H2,(H,19,23)(H,20,24). The summed E-state index contributed by atoms with van der Waals surface area (Å²) in [5.74, 6) is -0.933. The summed E-state index contributed by atoms with van der Waals surface area (Å²) in [6.07, 6.45) is 4.94. The van der Waals surface area contributed by atoms with Crippen LogP contribution in [0.4, 0.5) is 0 Å². The molecular weight excluding hydrogens is 328 g/mol. The van der Waals surface area contributed by atoms with Gasteiger partial charge in [0.1, 0.15) is 5.92 Å². The first-order valence-electron chi connectivity index (χ1n) is 7.92. The summed E-state index contributed by atoms with van der Waals surface area (Å²) in [5, 5.41) is 6.19. The van der Waals surface area contributed by atoms with Gasteiger partial charge >= 0.3 is 0 Å². The zero-order chi connectivity index (χ0) is 16.9. The quantitative estimate of drug-likeness (QED) is 0.776. The van der Waals surface area contributed by atoms with Gasteiger partial charge in [-0.05, 0) is 24.1 Å². The van der Waals surface area contributed by atoms with Crippen LogP contribution >= 0.6 is 11.6 Å². The van der Waals surface area contributed by atoms with E-state index in [0.717, 1.165) is 22.8 Å². The lowest BCUT2D eigenvalue weighted by molar-refractivity contribution is -0.132. The van der Waals surface area contributed by atoms with Gasteiger partial charge in [0, 0.05) is 37.3 Å². The topological polar surface area (TPSA) is 76.0 Å². The van der Waals surface area contributed by atoms with Gasteiger partial charge in [0.25, 0.3) is 0 Å². The first kappa shape index (κ1) is 16.5. The molecule has 1 aliphatic heterocycles. The molecule has 2 amide bonds. The maximum atomic E-state index is 11.9. The van der Waals surface area contributed by atoms with Gasteiger partial charge in [-0.3, -0.25) is 9.59 Å². The fraction of sp³-hybridized carbons (Fsp3) is 0.353. The van der Waals surface area contributed by atoms with Crippen molar-refractivity contribution in [2.75, 3.05) is 13.1 Å². The maximum Gasteiger partial charge on any atom is 0.232 e. The highest BCUT2D eigenvalue weighted by molar-refractivity contribution is 6.30. The fourth-order valence-corrected chi connectivity index (χ4v) is 2.83. The van der Waals surface area contributed by atoms with Crippen molar-refractivity contribution < 1.29 is 9.59 Å². The molecule has 6 nitrogen and oxygen atoms in total. The molecule has 0 bridgehead atoms. The lowest BCUT2D eigenvalue weighted by atomic mass is 10.1. The molecule has 1 fully saturated rings. The van der Waals surface area contributed by atoms with E-state index in [1.54, 1.807) is 6.33 Å². The van der Waals surface area contributed by atoms with Crippen LogP contribution < -0.4 is 10.6 Å². The molecule has 1 aliphatic rings. The Balaban J connectivity index is 1.46. The van der Waals surface area contributed by atoms with Gasteiger partial charge in [-0.2, -0.15) is 0 Å². The van der Waals surface area contributed by atoms with Crippen LogP contribution in [0.5, 0.6) is 0 Å². The Morgan fingerprint density at radius 2 is 2.17 bits per heavy atom. The third-order valence-electron chi connectivity index (χ3n) is 4.01. The fourth-order valence-electron chi connectivity index (χ4n) is 2.70. The Labute approximate surface area is 145 Å². The van der Waals surface area contributed by atoms with E-state index in [0.29, 0.717) is 25.9 Å². The SMILES string of the molecule is O=C(NCCc1cn(Cc2ccc(Cl)cc2)cn1)C1CCNC1=O. The third-order valence-corrected chi connectivity index (χ3v) is 4.26. The second kappa shape index (κ2) is 7.49. The van der Waals surface area contributed by atoms with Crippen LogP contribution in [0.3, 0.4) is 0 Å². The van der Waals surface area contributed by atoms with Crippen molar-refractivity contribution in [3.8, 4) is 0 Å². The molecule has 24 heavy (non-hydrogen) atoms. The van der Waals surface area contributed by atoms with Gasteiger partial charge in [-0.15, -0.1) is 0 Å². The number of carbonyl (C=O) groups excluding carboxylic acids is 2. The molecule has 3 rings (SSSR count). The molecule has 0 aliphatic carbocycles. The molecule has 1 saturated heterocycles. The molecule has 1 aromatic carbocycles. The summed E-state index contributed by atoms with van der Waals surface area (Å²) < 4.78 is 1.99. The second-order valence-corrected chi connectivity index (χ2v) is 6.27. The van der Waals surface area contributed by atoms with Crippen LogP contribution in [-0.2, 0) is 22.6 Å². The molecule has 2 aromatic rings. The number of nitrogens with one attached hydrogen (secondary N) is 2. The van der Waals surface area contributed by atoms with Crippen LogP contribution in [0.1, 0.15) is 17.7 Å². The first-order valence-corrected chi connectivity index (χ1v) is 8.30. The number of hydrogen-bond acceptors (Lipinski definition) is 3. The highest BCUT2D eigenvalue weighted by Gasteiger charge is 2.30. The average Bonchev–Trinajstić information content (AvgIpc) is 3.18. The van der Waals surface area contributed by atoms with E-state index in [9.17, 15) is 9.59 Å². The number of rotatable bonds is 6. The Bertz CT molecular complexity index is 726.